The van der Waals surface area contributed by atoms with Gasteiger partial charge < -0.3 is 20.5 Å². The molecule has 0 radical (unpaired) electrons. The number of hydrogen-bond acceptors (Lipinski definition) is 4. The third-order valence-corrected chi connectivity index (χ3v) is 5.89. The fourth-order valence-corrected chi connectivity index (χ4v) is 4.22. The molecule has 2 aliphatic rings. The molecule has 1 aliphatic carbocycles. The summed E-state index contributed by atoms with van der Waals surface area (Å²) < 4.78 is 6.20. The van der Waals surface area contributed by atoms with Crippen molar-refractivity contribution in [3.63, 3.8) is 0 Å². The number of carbonyl (C=O) groups is 2. The van der Waals surface area contributed by atoms with Crippen LogP contribution in [0.25, 0.3) is 0 Å². The number of anilines is 1. The van der Waals surface area contributed by atoms with E-state index in [2.05, 4.69) is 13.8 Å². The third kappa shape index (κ3) is 4.61. The maximum atomic E-state index is 12.4. The first-order chi connectivity index (χ1) is 12.8. The van der Waals surface area contributed by atoms with Gasteiger partial charge >= 0.3 is 5.97 Å². The number of rotatable bonds is 6. The summed E-state index contributed by atoms with van der Waals surface area (Å²) >= 11 is 0. The minimum Gasteiger partial charge on any atom is -0.490 e. The molecule has 0 saturated heterocycles. The molecule has 6 nitrogen and oxygen atoms in total. The zero-order valence-electron chi connectivity index (χ0n) is 16.2. The van der Waals surface area contributed by atoms with Crippen molar-refractivity contribution < 1.29 is 19.4 Å². The number of carboxylic acids is 1. The number of aliphatic carboxylic acids is 1. The quantitative estimate of drug-likeness (QED) is 0.798. The molecule has 148 valence electrons. The summed E-state index contributed by atoms with van der Waals surface area (Å²) in [5.74, 6) is 0.996. The van der Waals surface area contributed by atoms with Crippen LogP contribution < -0.4 is 15.4 Å². The van der Waals surface area contributed by atoms with E-state index in [0.717, 1.165) is 48.1 Å². The van der Waals surface area contributed by atoms with Gasteiger partial charge in [-0.25, -0.2) is 0 Å². The Balaban J connectivity index is 1.61. The molecule has 1 aromatic carbocycles. The maximum Gasteiger partial charge on any atom is 0.305 e. The molecule has 27 heavy (non-hydrogen) atoms. The van der Waals surface area contributed by atoms with Crippen molar-refractivity contribution in [1.29, 1.82) is 0 Å². The lowest BCUT2D eigenvalue weighted by molar-refractivity contribution is -0.139. The van der Waals surface area contributed by atoms with Gasteiger partial charge in [-0.15, -0.1) is 0 Å². The molecule has 1 unspecified atom stereocenters. The third-order valence-electron chi connectivity index (χ3n) is 5.89. The summed E-state index contributed by atoms with van der Waals surface area (Å²) in [6.45, 7) is 5.12. The van der Waals surface area contributed by atoms with Crippen LogP contribution in [-0.2, 0) is 16.0 Å². The second-order valence-electron chi connectivity index (χ2n) is 8.13. The van der Waals surface area contributed by atoms with E-state index in [-0.39, 0.29) is 18.4 Å². The van der Waals surface area contributed by atoms with Gasteiger partial charge in [0.15, 0.2) is 0 Å². The number of carboxylic acid groups (broad SMARTS) is 1. The SMILES string of the molecule is CC(C)C1CCC(Oc2ccc3c(c2)CCN3C(=O)C(N)CC(=O)O)CC1. The first kappa shape index (κ1) is 19.7. The molecular weight excluding hydrogens is 344 g/mol. The summed E-state index contributed by atoms with van der Waals surface area (Å²) in [7, 11) is 0. The van der Waals surface area contributed by atoms with Crippen LogP contribution in [0.1, 0.15) is 51.5 Å². The summed E-state index contributed by atoms with van der Waals surface area (Å²) in [4.78, 5) is 24.8. The van der Waals surface area contributed by atoms with E-state index >= 15 is 0 Å². The average molecular weight is 374 g/mol. The van der Waals surface area contributed by atoms with Crippen LogP contribution in [0.15, 0.2) is 18.2 Å². The Morgan fingerprint density at radius 2 is 1.96 bits per heavy atom. The molecule has 1 aromatic rings. The molecule has 1 saturated carbocycles. The standard InChI is InChI=1S/C21H30N2O4/c1-13(2)14-3-5-16(6-4-14)27-17-7-8-19-15(11-17)9-10-23(19)21(26)18(22)12-20(24)25/h7-8,11,13-14,16,18H,3-6,9-10,12,22H2,1-2H3,(H,24,25). The van der Waals surface area contributed by atoms with E-state index in [9.17, 15) is 9.59 Å². The van der Waals surface area contributed by atoms with Crippen LogP contribution in [0.5, 0.6) is 5.75 Å². The van der Waals surface area contributed by atoms with Gasteiger partial charge in [-0.2, -0.15) is 0 Å². The van der Waals surface area contributed by atoms with Crippen molar-refractivity contribution in [2.24, 2.45) is 17.6 Å². The van der Waals surface area contributed by atoms with E-state index in [1.165, 1.54) is 12.8 Å². The highest BCUT2D eigenvalue weighted by atomic mass is 16.5. The van der Waals surface area contributed by atoms with Gasteiger partial charge in [0.1, 0.15) is 5.75 Å². The first-order valence-corrected chi connectivity index (χ1v) is 9.93. The number of nitrogens with two attached hydrogens (primary N) is 1. The molecule has 1 fully saturated rings. The Morgan fingerprint density at radius 3 is 2.59 bits per heavy atom. The summed E-state index contributed by atoms with van der Waals surface area (Å²) in [6.07, 6.45) is 5.27. The molecule has 1 amide bonds. The Bertz CT molecular complexity index is 695. The van der Waals surface area contributed by atoms with Crippen molar-refractivity contribution in [2.75, 3.05) is 11.4 Å². The average Bonchev–Trinajstić information content (AvgIpc) is 3.04. The zero-order valence-corrected chi connectivity index (χ0v) is 16.2. The molecule has 1 atom stereocenters. The maximum absolute atomic E-state index is 12.4. The van der Waals surface area contributed by atoms with Crippen LogP contribution in [0, 0.1) is 11.8 Å². The van der Waals surface area contributed by atoms with Gasteiger partial charge in [-0.05, 0) is 67.7 Å². The smallest absolute Gasteiger partial charge is 0.305 e. The van der Waals surface area contributed by atoms with E-state index in [1.54, 1.807) is 4.90 Å². The predicted molar refractivity (Wildman–Crippen MR) is 104 cm³/mol. The Kier molecular flexibility index (Phi) is 6.05. The van der Waals surface area contributed by atoms with Gasteiger partial charge in [-0.1, -0.05) is 13.8 Å². The fraction of sp³-hybridized carbons (Fsp3) is 0.619. The van der Waals surface area contributed by atoms with Crippen LogP contribution in [0.2, 0.25) is 0 Å². The Labute approximate surface area is 160 Å². The highest BCUT2D eigenvalue weighted by molar-refractivity contribution is 6.00. The van der Waals surface area contributed by atoms with Crippen LogP contribution in [0.4, 0.5) is 5.69 Å². The molecule has 6 heteroatoms. The number of ether oxygens (including phenoxy) is 1. The summed E-state index contributed by atoms with van der Waals surface area (Å²) in [6, 6.07) is 4.80. The fourth-order valence-electron chi connectivity index (χ4n) is 4.22. The molecule has 3 rings (SSSR count). The van der Waals surface area contributed by atoms with Crippen LogP contribution >= 0.6 is 0 Å². The molecule has 1 heterocycles. The lowest BCUT2D eigenvalue weighted by Gasteiger charge is -2.31. The van der Waals surface area contributed by atoms with Crippen LogP contribution in [0.3, 0.4) is 0 Å². The van der Waals surface area contributed by atoms with Gasteiger partial charge in [0.25, 0.3) is 0 Å². The van der Waals surface area contributed by atoms with Gasteiger partial charge in [0.2, 0.25) is 5.91 Å². The number of carbonyl (C=O) groups excluding carboxylic acids is 1. The van der Waals surface area contributed by atoms with E-state index < -0.39 is 12.0 Å². The lowest BCUT2D eigenvalue weighted by Crippen LogP contribution is -2.44. The topological polar surface area (TPSA) is 92.9 Å². The van der Waals surface area contributed by atoms with Gasteiger partial charge in [-0.3, -0.25) is 9.59 Å². The monoisotopic (exact) mass is 374 g/mol. The van der Waals surface area contributed by atoms with E-state index in [1.807, 2.05) is 18.2 Å². The highest BCUT2D eigenvalue weighted by Gasteiger charge is 2.30. The second-order valence-corrected chi connectivity index (χ2v) is 8.13. The van der Waals surface area contributed by atoms with Gasteiger partial charge in [0, 0.05) is 12.2 Å². The molecule has 1 aliphatic heterocycles. The number of fused-ring (bicyclic) bond motifs is 1. The molecule has 0 bridgehead atoms. The molecule has 3 N–H and O–H groups in total. The Morgan fingerprint density at radius 1 is 1.26 bits per heavy atom. The minimum atomic E-state index is -1.06. The Hall–Kier alpha value is -2.08. The van der Waals surface area contributed by atoms with Crippen molar-refractivity contribution in [1.82, 2.24) is 0 Å². The number of benzene rings is 1. The predicted octanol–water partition coefficient (Wildman–Crippen LogP) is 2.97. The highest BCUT2D eigenvalue weighted by Crippen LogP contribution is 2.35. The van der Waals surface area contributed by atoms with Crippen molar-refractivity contribution in [2.45, 2.75) is 64.5 Å². The second kappa shape index (κ2) is 8.30. The minimum absolute atomic E-state index is 0.265. The first-order valence-electron chi connectivity index (χ1n) is 9.93. The molecule has 0 aromatic heterocycles. The van der Waals surface area contributed by atoms with Crippen molar-refractivity contribution in [3.8, 4) is 5.75 Å². The van der Waals surface area contributed by atoms with Gasteiger partial charge in [0.05, 0.1) is 18.6 Å². The normalized spacial score (nSPS) is 23.2. The number of amides is 1. The van der Waals surface area contributed by atoms with E-state index in [4.69, 9.17) is 15.6 Å². The van der Waals surface area contributed by atoms with Crippen molar-refractivity contribution in [3.05, 3.63) is 23.8 Å². The van der Waals surface area contributed by atoms with Crippen LogP contribution in [-0.4, -0.2) is 35.7 Å². The largest absolute Gasteiger partial charge is 0.490 e. The van der Waals surface area contributed by atoms with Crippen molar-refractivity contribution >= 4 is 17.6 Å². The summed E-state index contributed by atoms with van der Waals surface area (Å²) in [5, 5.41) is 8.84. The van der Waals surface area contributed by atoms with E-state index in [0.29, 0.717) is 6.54 Å². The lowest BCUT2D eigenvalue weighted by atomic mass is 9.80. The summed E-state index contributed by atoms with van der Waals surface area (Å²) in [5.41, 5.74) is 7.62. The molecule has 0 spiro atoms. The number of hydrogen-bond donors (Lipinski definition) is 2. The zero-order chi connectivity index (χ0) is 19.6. The number of nitrogens with zero attached hydrogens (tertiary/aromatic N) is 1. The molecular formula is C21H30N2O4.